The van der Waals surface area contributed by atoms with E-state index in [0.29, 0.717) is 10.8 Å². The molecule has 1 aliphatic rings. The van der Waals surface area contributed by atoms with Crippen LogP contribution in [0.5, 0.6) is 5.75 Å². The van der Waals surface area contributed by atoms with E-state index in [4.69, 9.17) is 21.3 Å². The maximum absolute atomic E-state index is 12.4. The first-order valence-corrected chi connectivity index (χ1v) is 10.4. The van der Waals surface area contributed by atoms with Crippen molar-refractivity contribution < 1.29 is 9.53 Å². The number of hydrogen-bond acceptors (Lipinski definition) is 5. The molecule has 2 heterocycles. The molecule has 1 aromatic carbocycles. The number of carbonyl (C=O) groups is 1. The summed E-state index contributed by atoms with van der Waals surface area (Å²) in [7, 11) is 0. The van der Waals surface area contributed by atoms with Crippen LogP contribution in [0, 0.1) is 0 Å². The Hall–Kier alpha value is -1.63. The lowest BCUT2D eigenvalue weighted by molar-refractivity contribution is -0.135. The minimum Gasteiger partial charge on any atom is -0.484 e. The summed E-state index contributed by atoms with van der Waals surface area (Å²) in [5, 5.41) is 3.95. The van der Waals surface area contributed by atoms with Gasteiger partial charge >= 0.3 is 0 Å². The van der Waals surface area contributed by atoms with E-state index in [1.807, 2.05) is 4.90 Å². The number of hydrogen-bond donors (Lipinski definition) is 0. The number of carbonyl (C=O) groups excluding carboxylic acids is 1. The molecule has 146 valence electrons. The third kappa shape index (κ3) is 5.67. The van der Waals surface area contributed by atoms with E-state index in [2.05, 4.69) is 31.1 Å². The Bertz CT molecular complexity index is 762. The second-order valence-electron chi connectivity index (χ2n) is 7.78. The van der Waals surface area contributed by atoms with Crippen molar-refractivity contribution in [1.29, 1.82) is 0 Å². The average Bonchev–Trinajstić information content (AvgIpc) is 3.10. The largest absolute Gasteiger partial charge is 0.484 e. The molecule has 27 heavy (non-hydrogen) atoms. The van der Waals surface area contributed by atoms with Crippen molar-refractivity contribution in [3.8, 4) is 5.75 Å². The van der Waals surface area contributed by atoms with E-state index in [1.54, 1.807) is 35.6 Å². The summed E-state index contributed by atoms with van der Waals surface area (Å²) in [6.07, 6.45) is 0. The van der Waals surface area contributed by atoms with Gasteiger partial charge < -0.3 is 9.64 Å². The van der Waals surface area contributed by atoms with Gasteiger partial charge in [-0.3, -0.25) is 9.69 Å². The Labute approximate surface area is 169 Å². The lowest BCUT2D eigenvalue weighted by atomic mass is 9.93. The third-order valence-electron chi connectivity index (χ3n) is 4.58. The standard InChI is InChI=1S/C20H26ClN3O2S/c1-20(2,3)17-14-27-18(22-17)12-23-8-10-24(11-9-23)19(25)13-26-16-6-4-15(21)5-7-16/h4-7,14H,8-13H2,1-3H3. The van der Waals surface area contributed by atoms with Crippen LogP contribution in [-0.2, 0) is 16.8 Å². The normalized spacial score (nSPS) is 15.8. The highest BCUT2D eigenvalue weighted by atomic mass is 35.5. The number of halogens is 1. The van der Waals surface area contributed by atoms with Gasteiger partial charge in [0, 0.05) is 42.0 Å². The first kappa shape index (κ1) is 20.1. The number of rotatable bonds is 5. The molecule has 0 radical (unpaired) electrons. The van der Waals surface area contributed by atoms with Crippen LogP contribution >= 0.6 is 22.9 Å². The molecule has 3 rings (SSSR count). The van der Waals surface area contributed by atoms with E-state index < -0.39 is 0 Å². The molecule has 1 aliphatic heterocycles. The molecular formula is C20H26ClN3O2S. The second-order valence-corrected chi connectivity index (χ2v) is 9.16. The zero-order valence-corrected chi connectivity index (χ0v) is 17.6. The van der Waals surface area contributed by atoms with Gasteiger partial charge in [0.25, 0.3) is 5.91 Å². The van der Waals surface area contributed by atoms with Gasteiger partial charge in [0.15, 0.2) is 6.61 Å². The number of piperazine rings is 1. The number of nitrogens with zero attached hydrogens (tertiary/aromatic N) is 3. The van der Waals surface area contributed by atoms with E-state index >= 15 is 0 Å². The van der Waals surface area contributed by atoms with Crippen LogP contribution in [0.2, 0.25) is 5.02 Å². The smallest absolute Gasteiger partial charge is 0.260 e. The van der Waals surface area contributed by atoms with Gasteiger partial charge in [-0.25, -0.2) is 4.98 Å². The molecule has 0 aliphatic carbocycles. The topological polar surface area (TPSA) is 45.7 Å². The maximum atomic E-state index is 12.4. The molecule has 0 saturated carbocycles. The Morgan fingerprint density at radius 1 is 1.19 bits per heavy atom. The quantitative estimate of drug-likeness (QED) is 0.755. The van der Waals surface area contributed by atoms with Gasteiger partial charge in [-0.05, 0) is 24.3 Å². The lowest BCUT2D eigenvalue weighted by Gasteiger charge is -2.34. The van der Waals surface area contributed by atoms with Gasteiger partial charge in [0.05, 0.1) is 12.2 Å². The van der Waals surface area contributed by atoms with Gasteiger partial charge in [0.2, 0.25) is 0 Å². The molecule has 2 aromatic rings. The number of amides is 1. The Kier molecular flexibility index (Phi) is 6.40. The minimum absolute atomic E-state index is 0.0221. The Balaban J connectivity index is 1.43. The van der Waals surface area contributed by atoms with Crippen molar-refractivity contribution in [3.05, 3.63) is 45.4 Å². The van der Waals surface area contributed by atoms with Crippen LogP contribution in [0.3, 0.4) is 0 Å². The minimum atomic E-state index is 0.0221. The van der Waals surface area contributed by atoms with Crippen LogP contribution in [0.4, 0.5) is 0 Å². The first-order valence-electron chi connectivity index (χ1n) is 9.14. The highest BCUT2D eigenvalue weighted by molar-refractivity contribution is 7.09. The summed E-state index contributed by atoms with van der Waals surface area (Å²) < 4.78 is 5.56. The van der Waals surface area contributed by atoms with E-state index in [1.165, 1.54) is 0 Å². The summed E-state index contributed by atoms with van der Waals surface area (Å²) >= 11 is 7.57. The summed E-state index contributed by atoms with van der Waals surface area (Å²) in [6, 6.07) is 7.05. The van der Waals surface area contributed by atoms with E-state index in [0.717, 1.165) is 43.4 Å². The van der Waals surface area contributed by atoms with E-state index in [-0.39, 0.29) is 17.9 Å². The molecular weight excluding hydrogens is 382 g/mol. The van der Waals surface area contributed by atoms with Crippen LogP contribution < -0.4 is 4.74 Å². The second kappa shape index (κ2) is 8.59. The third-order valence-corrected chi connectivity index (χ3v) is 5.67. The van der Waals surface area contributed by atoms with Crippen molar-refractivity contribution in [3.63, 3.8) is 0 Å². The van der Waals surface area contributed by atoms with Gasteiger partial charge in [0.1, 0.15) is 10.8 Å². The zero-order chi connectivity index (χ0) is 19.4. The SMILES string of the molecule is CC(C)(C)c1csc(CN2CCN(C(=O)COc3ccc(Cl)cc3)CC2)n1. The lowest BCUT2D eigenvalue weighted by Crippen LogP contribution is -2.49. The first-order chi connectivity index (χ1) is 12.8. The molecule has 1 aromatic heterocycles. The molecule has 5 nitrogen and oxygen atoms in total. The molecule has 0 unspecified atom stereocenters. The fourth-order valence-corrected chi connectivity index (χ4v) is 4.03. The molecule has 7 heteroatoms. The summed E-state index contributed by atoms with van der Waals surface area (Å²) in [6.45, 7) is 10.6. The monoisotopic (exact) mass is 407 g/mol. The number of aromatic nitrogens is 1. The molecule has 0 atom stereocenters. The highest BCUT2D eigenvalue weighted by Crippen LogP contribution is 2.24. The number of thiazole rings is 1. The van der Waals surface area contributed by atoms with Gasteiger partial charge in [-0.2, -0.15) is 0 Å². The van der Waals surface area contributed by atoms with Gasteiger partial charge in [-0.1, -0.05) is 32.4 Å². The summed E-state index contributed by atoms with van der Waals surface area (Å²) in [4.78, 5) is 21.4. The molecule has 0 spiro atoms. The van der Waals surface area contributed by atoms with Crippen molar-refractivity contribution in [2.24, 2.45) is 0 Å². The number of benzene rings is 1. The molecule has 0 bridgehead atoms. The number of ether oxygens (including phenoxy) is 1. The zero-order valence-electron chi connectivity index (χ0n) is 16.1. The Morgan fingerprint density at radius 3 is 2.44 bits per heavy atom. The predicted octanol–water partition coefficient (Wildman–Crippen LogP) is 3.82. The highest BCUT2D eigenvalue weighted by Gasteiger charge is 2.23. The van der Waals surface area contributed by atoms with Crippen LogP contribution in [0.15, 0.2) is 29.6 Å². The van der Waals surface area contributed by atoms with Crippen molar-refractivity contribution in [2.45, 2.75) is 32.7 Å². The fourth-order valence-electron chi connectivity index (χ4n) is 2.84. The van der Waals surface area contributed by atoms with Crippen LogP contribution in [0.1, 0.15) is 31.5 Å². The van der Waals surface area contributed by atoms with Crippen molar-refractivity contribution >= 4 is 28.8 Å². The maximum Gasteiger partial charge on any atom is 0.260 e. The summed E-state index contributed by atoms with van der Waals surface area (Å²) in [5.74, 6) is 0.679. The van der Waals surface area contributed by atoms with Crippen LogP contribution in [-0.4, -0.2) is 53.5 Å². The van der Waals surface area contributed by atoms with Gasteiger partial charge in [-0.15, -0.1) is 11.3 Å². The summed E-state index contributed by atoms with van der Waals surface area (Å²) in [5.41, 5.74) is 1.24. The van der Waals surface area contributed by atoms with Crippen molar-refractivity contribution in [2.75, 3.05) is 32.8 Å². The van der Waals surface area contributed by atoms with Crippen LogP contribution in [0.25, 0.3) is 0 Å². The Morgan fingerprint density at radius 2 is 1.85 bits per heavy atom. The average molecular weight is 408 g/mol. The molecule has 1 fully saturated rings. The predicted molar refractivity (Wildman–Crippen MR) is 110 cm³/mol. The van der Waals surface area contributed by atoms with E-state index in [9.17, 15) is 4.79 Å². The molecule has 0 N–H and O–H groups in total. The molecule has 1 amide bonds. The van der Waals surface area contributed by atoms with Crippen molar-refractivity contribution in [1.82, 2.24) is 14.8 Å². The molecule has 1 saturated heterocycles. The fraction of sp³-hybridized carbons (Fsp3) is 0.500.